The van der Waals surface area contributed by atoms with Crippen LogP contribution in [0.5, 0.6) is 0 Å². The number of halogens is 3. The zero-order valence-corrected chi connectivity index (χ0v) is 13.7. The zero-order chi connectivity index (χ0) is 19.2. The number of carbonyl (C=O) groups is 3. The van der Waals surface area contributed by atoms with Gasteiger partial charge in [-0.15, -0.1) is 0 Å². The number of primary amides is 1. The first-order chi connectivity index (χ1) is 11.6. The molecule has 2 amide bonds. The van der Waals surface area contributed by atoms with E-state index in [0.717, 1.165) is 12.1 Å². The Balaban J connectivity index is 2.90. The van der Waals surface area contributed by atoms with Gasteiger partial charge in [0.1, 0.15) is 6.04 Å². The molecular formula is C16H19F3N2O4. The third kappa shape index (κ3) is 6.09. The van der Waals surface area contributed by atoms with Crippen LogP contribution in [0.15, 0.2) is 24.3 Å². The van der Waals surface area contributed by atoms with E-state index in [0.29, 0.717) is 6.07 Å². The maximum absolute atomic E-state index is 12.7. The first-order valence-electron chi connectivity index (χ1n) is 7.49. The van der Waals surface area contributed by atoms with E-state index >= 15 is 0 Å². The fourth-order valence-electron chi connectivity index (χ4n) is 2.16. The van der Waals surface area contributed by atoms with Crippen LogP contribution in [0.4, 0.5) is 13.2 Å². The summed E-state index contributed by atoms with van der Waals surface area (Å²) in [6, 6.07) is 2.53. The molecule has 0 saturated heterocycles. The monoisotopic (exact) mass is 360 g/mol. The van der Waals surface area contributed by atoms with Crippen LogP contribution in [0.2, 0.25) is 0 Å². The molecule has 0 aliphatic carbocycles. The lowest BCUT2D eigenvalue weighted by Gasteiger charge is -2.22. The molecule has 25 heavy (non-hydrogen) atoms. The highest BCUT2D eigenvalue weighted by molar-refractivity contribution is 5.97. The second-order valence-electron chi connectivity index (χ2n) is 5.42. The zero-order valence-electron chi connectivity index (χ0n) is 13.7. The average Bonchev–Trinajstić information content (AvgIpc) is 2.51. The summed E-state index contributed by atoms with van der Waals surface area (Å²) in [6.45, 7) is 3.27. The van der Waals surface area contributed by atoms with Gasteiger partial charge in [0.25, 0.3) is 5.91 Å². The highest BCUT2D eigenvalue weighted by Gasteiger charge is 2.32. The highest BCUT2D eigenvalue weighted by atomic mass is 19.4. The lowest BCUT2D eigenvalue weighted by atomic mass is 9.97. The van der Waals surface area contributed by atoms with E-state index in [9.17, 15) is 27.6 Å². The molecule has 0 radical (unpaired) electrons. The first-order valence-corrected chi connectivity index (χ1v) is 7.49. The Kier molecular flexibility index (Phi) is 6.96. The van der Waals surface area contributed by atoms with Crippen LogP contribution in [0.3, 0.4) is 0 Å². The predicted octanol–water partition coefficient (Wildman–Crippen LogP) is 1.88. The summed E-state index contributed by atoms with van der Waals surface area (Å²) < 4.78 is 42.9. The summed E-state index contributed by atoms with van der Waals surface area (Å²) in [5.41, 5.74) is 3.96. The number of hydrogen-bond donors (Lipinski definition) is 2. The summed E-state index contributed by atoms with van der Waals surface area (Å²) in [6.07, 6.45) is -4.78. The van der Waals surface area contributed by atoms with Crippen molar-refractivity contribution in [3.8, 4) is 0 Å². The maximum atomic E-state index is 12.7. The van der Waals surface area contributed by atoms with Gasteiger partial charge >= 0.3 is 12.1 Å². The van der Waals surface area contributed by atoms with E-state index in [-0.39, 0.29) is 18.6 Å². The summed E-state index contributed by atoms with van der Waals surface area (Å²) in [4.78, 5) is 35.2. The van der Waals surface area contributed by atoms with Crippen molar-refractivity contribution in [1.82, 2.24) is 5.32 Å². The van der Waals surface area contributed by atoms with Crippen LogP contribution in [-0.2, 0) is 20.5 Å². The predicted molar refractivity (Wildman–Crippen MR) is 82.3 cm³/mol. The van der Waals surface area contributed by atoms with E-state index in [1.165, 1.54) is 13.0 Å². The standard InChI is InChI=1S/C16H19F3N2O4/c1-3-25-12(22)7-9(2)13(14(20)23)21-15(24)10-5-4-6-11(8-10)16(17,18)19/h4-6,8-9,13H,3,7H2,1-2H3,(H2,20,23)(H,21,24)/t9-,13+/m1/s1. The number of nitrogens with two attached hydrogens (primary N) is 1. The molecule has 0 aliphatic heterocycles. The van der Waals surface area contributed by atoms with Gasteiger partial charge in [0.15, 0.2) is 0 Å². The van der Waals surface area contributed by atoms with Gasteiger partial charge in [0, 0.05) is 5.56 Å². The van der Waals surface area contributed by atoms with E-state index in [1.807, 2.05) is 0 Å². The Morgan fingerprint density at radius 1 is 1.28 bits per heavy atom. The molecule has 1 aromatic carbocycles. The van der Waals surface area contributed by atoms with Crippen LogP contribution < -0.4 is 11.1 Å². The van der Waals surface area contributed by atoms with Crippen LogP contribution in [-0.4, -0.2) is 30.4 Å². The molecule has 1 aromatic rings. The lowest BCUT2D eigenvalue weighted by Crippen LogP contribution is -2.49. The number of esters is 1. The fraction of sp³-hybridized carbons (Fsp3) is 0.438. The Labute approximate surface area is 142 Å². The summed E-state index contributed by atoms with van der Waals surface area (Å²) in [5, 5.41) is 2.27. The summed E-state index contributed by atoms with van der Waals surface area (Å²) in [5.74, 6) is -3.07. The second kappa shape index (κ2) is 8.50. The summed E-state index contributed by atoms with van der Waals surface area (Å²) >= 11 is 0. The van der Waals surface area contributed by atoms with Gasteiger partial charge in [-0.1, -0.05) is 13.0 Å². The second-order valence-corrected chi connectivity index (χ2v) is 5.42. The molecule has 0 saturated carbocycles. The molecule has 3 N–H and O–H groups in total. The van der Waals surface area contributed by atoms with Crippen molar-refractivity contribution >= 4 is 17.8 Å². The Bertz CT molecular complexity index is 647. The molecule has 0 unspecified atom stereocenters. The van der Waals surface area contributed by atoms with E-state index < -0.39 is 41.5 Å². The van der Waals surface area contributed by atoms with Gasteiger partial charge in [-0.25, -0.2) is 0 Å². The SMILES string of the molecule is CCOC(=O)C[C@@H](C)[C@H](NC(=O)c1cccc(C(F)(F)F)c1)C(N)=O. The Morgan fingerprint density at radius 2 is 1.92 bits per heavy atom. The molecular weight excluding hydrogens is 341 g/mol. The Morgan fingerprint density at radius 3 is 2.44 bits per heavy atom. The normalized spacial score (nSPS) is 13.6. The number of benzene rings is 1. The fourth-order valence-corrected chi connectivity index (χ4v) is 2.16. The average molecular weight is 360 g/mol. The van der Waals surface area contributed by atoms with Gasteiger partial charge in [-0.2, -0.15) is 13.2 Å². The van der Waals surface area contributed by atoms with Crippen molar-refractivity contribution in [3.63, 3.8) is 0 Å². The molecule has 0 spiro atoms. The molecule has 0 heterocycles. The Hall–Kier alpha value is -2.58. The van der Waals surface area contributed by atoms with Gasteiger partial charge < -0.3 is 15.8 Å². The van der Waals surface area contributed by atoms with Crippen molar-refractivity contribution in [1.29, 1.82) is 0 Å². The number of nitrogens with one attached hydrogen (secondary N) is 1. The third-order valence-electron chi connectivity index (χ3n) is 3.41. The van der Waals surface area contributed by atoms with Crippen LogP contribution in [0.25, 0.3) is 0 Å². The van der Waals surface area contributed by atoms with Crippen molar-refractivity contribution in [2.45, 2.75) is 32.5 Å². The van der Waals surface area contributed by atoms with Crippen LogP contribution in [0, 0.1) is 5.92 Å². The van der Waals surface area contributed by atoms with Crippen molar-refractivity contribution in [2.24, 2.45) is 11.7 Å². The van der Waals surface area contributed by atoms with E-state index in [2.05, 4.69) is 5.32 Å². The van der Waals surface area contributed by atoms with Crippen LogP contribution >= 0.6 is 0 Å². The number of rotatable bonds is 7. The van der Waals surface area contributed by atoms with Crippen LogP contribution in [0.1, 0.15) is 36.2 Å². The quantitative estimate of drug-likeness (QED) is 0.725. The van der Waals surface area contributed by atoms with Crippen molar-refractivity contribution in [3.05, 3.63) is 35.4 Å². The largest absolute Gasteiger partial charge is 0.466 e. The molecule has 1 rings (SSSR count). The van der Waals surface area contributed by atoms with Gasteiger partial charge in [0.2, 0.25) is 5.91 Å². The molecule has 6 nitrogen and oxygen atoms in total. The van der Waals surface area contributed by atoms with Crippen molar-refractivity contribution < 1.29 is 32.3 Å². The number of amides is 2. The van der Waals surface area contributed by atoms with E-state index in [4.69, 9.17) is 10.5 Å². The molecule has 0 bridgehead atoms. The third-order valence-corrected chi connectivity index (χ3v) is 3.41. The topological polar surface area (TPSA) is 98.5 Å². The minimum absolute atomic E-state index is 0.156. The molecule has 0 aliphatic rings. The van der Waals surface area contributed by atoms with Gasteiger partial charge in [-0.05, 0) is 31.0 Å². The number of ether oxygens (including phenoxy) is 1. The van der Waals surface area contributed by atoms with Crippen molar-refractivity contribution in [2.75, 3.05) is 6.61 Å². The molecule has 138 valence electrons. The maximum Gasteiger partial charge on any atom is 0.416 e. The highest BCUT2D eigenvalue weighted by Crippen LogP contribution is 2.29. The van der Waals surface area contributed by atoms with Gasteiger partial charge in [-0.3, -0.25) is 14.4 Å². The molecule has 2 atom stereocenters. The summed E-state index contributed by atoms with van der Waals surface area (Å²) in [7, 11) is 0. The first kappa shape index (κ1) is 20.5. The minimum Gasteiger partial charge on any atom is -0.466 e. The number of alkyl halides is 3. The minimum atomic E-state index is -4.60. The van der Waals surface area contributed by atoms with E-state index in [1.54, 1.807) is 6.92 Å². The molecule has 0 aromatic heterocycles. The lowest BCUT2D eigenvalue weighted by molar-refractivity contribution is -0.144. The molecule has 9 heteroatoms. The molecule has 0 fully saturated rings. The van der Waals surface area contributed by atoms with Gasteiger partial charge in [0.05, 0.1) is 18.6 Å². The smallest absolute Gasteiger partial charge is 0.416 e. The number of carbonyl (C=O) groups excluding carboxylic acids is 3. The number of hydrogen-bond acceptors (Lipinski definition) is 4.